The Morgan fingerprint density at radius 3 is 2.94 bits per heavy atom. The molecule has 0 bridgehead atoms. The van der Waals surface area contributed by atoms with Crippen LogP contribution >= 0.6 is 0 Å². The number of nitrogen functional groups attached to an aromatic ring is 1. The number of hydrogen-bond donors (Lipinski definition) is 3. The van der Waals surface area contributed by atoms with Crippen LogP contribution in [0.4, 0.5) is 5.69 Å². The fraction of sp³-hybridized carbons (Fsp3) is 0.364. The number of imidazole rings is 1. The van der Waals surface area contributed by atoms with Crippen LogP contribution in [-0.4, -0.2) is 25.7 Å². The summed E-state index contributed by atoms with van der Waals surface area (Å²) >= 11 is 0. The van der Waals surface area contributed by atoms with Crippen molar-refractivity contribution in [1.29, 1.82) is 0 Å². The molecule has 4 N–H and O–H groups in total. The van der Waals surface area contributed by atoms with Crippen LogP contribution in [0.25, 0.3) is 0 Å². The minimum atomic E-state index is -0.295. The normalized spacial score (nSPS) is 12.3. The Bertz CT molecular complexity index is 530. The van der Waals surface area contributed by atoms with E-state index in [-0.39, 0.29) is 17.6 Å². The van der Waals surface area contributed by atoms with Crippen LogP contribution in [0.15, 0.2) is 18.6 Å². The molecule has 0 aliphatic carbocycles. The summed E-state index contributed by atoms with van der Waals surface area (Å²) < 4.78 is 1.51. The van der Waals surface area contributed by atoms with E-state index in [1.165, 1.54) is 4.68 Å². The molecular weight excluding hydrogens is 232 g/mol. The smallest absolute Gasteiger partial charge is 0.274 e. The third-order valence-corrected chi connectivity index (χ3v) is 2.64. The second-order valence-corrected chi connectivity index (χ2v) is 4.02. The van der Waals surface area contributed by atoms with E-state index in [4.69, 9.17) is 5.73 Å². The molecule has 2 aromatic heterocycles. The Morgan fingerprint density at radius 1 is 1.67 bits per heavy atom. The third kappa shape index (κ3) is 2.34. The number of hydrogen-bond acceptors (Lipinski definition) is 4. The lowest BCUT2D eigenvalue weighted by molar-refractivity contribution is 0.0929. The molecule has 0 saturated heterocycles. The first-order chi connectivity index (χ1) is 8.61. The van der Waals surface area contributed by atoms with Gasteiger partial charge in [-0.05, 0) is 6.42 Å². The van der Waals surface area contributed by atoms with Crippen molar-refractivity contribution < 1.29 is 4.79 Å². The standard InChI is InChI=1S/C11H16N6O/c1-3-8(10-13-4-5-14-10)15-11(18)9-7(12)6-17(2)16-9/h4-6,8H,3,12H2,1-2H3,(H,13,14)(H,15,18). The highest BCUT2D eigenvalue weighted by molar-refractivity contribution is 5.97. The number of carbonyl (C=O) groups excluding carboxylic acids is 1. The number of anilines is 1. The van der Waals surface area contributed by atoms with E-state index in [0.29, 0.717) is 5.69 Å². The molecule has 0 aliphatic heterocycles. The van der Waals surface area contributed by atoms with Crippen molar-refractivity contribution in [3.8, 4) is 0 Å². The maximum atomic E-state index is 12.0. The first kappa shape index (κ1) is 12.2. The molecule has 7 nitrogen and oxygen atoms in total. The number of carbonyl (C=O) groups is 1. The summed E-state index contributed by atoms with van der Waals surface area (Å²) in [5.41, 5.74) is 6.31. The monoisotopic (exact) mass is 248 g/mol. The summed E-state index contributed by atoms with van der Waals surface area (Å²) in [5.74, 6) is 0.428. The number of aryl methyl sites for hydroxylation is 1. The van der Waals surface area contributed by atoms with Crippen LogP contribution in [0, 0.1) is 0 Å². The second-order valence-electron chi connectivity index (χ2n) is 4.02. The number of nitrogens with two attached hydrogens (primary N) is 1. The molecule has 0 saturated carbocycles. The van der Waals surface area contributed by atoms with E-state index >= 15 is 0 Å². The van der Waals surface area contributed by atoms with E-state index in [9.17, 15) is 4.79 Å². The minimum absolute atomic E-state index is 0.172. The molecule has 1 unspecified atom stereocenters. The Kier molecular flexibility index (Phi) is 3.31. The van der Waals surface area contributed by atoms with Crippen LogP contribution in [0.5, 0.6) is 0 Å². The molecule has 18 heavy (non-hydrogen) atoms. The number of aromatic amines is 1. The van der Waals surface area contributed by atoms with E-state index in [0.717, 1.165) is 12.2 Å². The molecule has 7 heteroatoms. The lowest BCUT2D eigenvalue weighted by Crippen LogP contribution is -2.29. The Labute approximate surface area is 104 Å². The summed E-state index contributed by atoms with van der Waals surface area (Å²) in [6.07, 6.45) is 5.70. The Hall–Kier alpha value is -2.31. The van der Waals surface area contributed by atoms with Gasteiger partial charge in [-0.25, -0.2) is 4.98 Å². The van der Waals surface area contributed by atoms with Gasteiger partial charge in [0.05, 0.1) is 11.7 Å². The van der Waals surface area contributed by atoms with E-state index in [1.54, 1.807) is 25.6 Å². The molecule has 2 rings (SSSR count). The van der Waals surface area contributed by atoms with Crippen molar-refractivity contribution in [2.75, 3.05) is 5.73 Å². The van der Waals surface area contributed by atoms with Crippen LogP contribution in [-0.2, 0) is 7.05 Å². The molecule has 96 valence electrons. The molecule has 0 radical (unpaired) electrons. The SMILES string of the molecule is CCC(NC(=O)c1nn(C)cc1N)c1ncc[nH]1. The zero-order chi connectivity index (χ0) is 13.1. The topological polar surface area (TPSA) is 102 Å². The van der Waals surface area contributed by atoms with Crippen molar-refractivity contribution >= 4 is 11.6 Å². The molecular formula is C11H16N6O. The van der Waals surface area contributed by atoms with E-state index < -0.39 is 0 Å². The maximum absolute atomic E-state index is 12.0. The van der Waals surface area contributed by atoms with Crippen molar-refractivity contribution in [3.05, 3.63) is 30.1 Å². The average Bonchev–Trinajstić information content (AvgIpc) is 2.95. The molecule has 0 aliphatic rings. The van der Waals surface area contributed by atoms with Crippen LogP contribution in [0.2, 0.25) is 0 Å². The fourth-order valence-corrected chi connectivity index (χ4v) is 1.74. The van der Waals surface area contributed by atoms with Gasteiger partial charge in [-0.2, -0.15) is 5.10 Å². The number of H-pyrrole nitrogens is 1. The average molecular weight is 248 g/mol. The molecule has 1 amide bonds. The van der Waals surface area contributed by atoms with Crippen LogP contribution in [0.3, 0.4) is 0 Å². The zero-order valence-electron chi connectivity index (χ0n) is 10.3. The number of amides is 1. The third-order valence-electron chi connectivity index (χ3n) is 2.64. The van der Waals surface area contributed by atoms with Crippen LogP contribution < -0.4 is 11.1 Å². The quantitative estimate of drug-likeness (QED) is 0.737. The lowest BCUT2D eigenvalue weighted by atomic mass is 10.2. The maximum Gasteiger partial charge on any atom is 0.274 e. The largest absolute Gasteiger partial charge is 0.396 e. The number of nitrogens with one attached hydrogen (secondary N) is 2. The second kappa shape index (κ2) is 4.91. The van der Waals surface area contributed by atoms with Gasteiger partial charge in [0.1, 0.15) is 5.82 Å². The van der Waals surface area contributed by atoms with Gasteiger partial charge < -0.3 is 16.0 Å². The molecule has 2 aromatic rings. The summed E-state index contributed by atoms with van der Waals surface area (Å²) in [6.45, 7) is 1.97. The lowest BCUT2D eigenvalue weighted by Gasteiger charge is -2.13. The van der Waals surface area contributed by atoms with Crippen molar-refractivity contribution in [2.24, 2.45) is 7.05 Å². The predicted molar refractivity (Wildman–Crippen MR) is 66.7 cm³/mol. The molecule has 0 fully saturated rings. The highest BCUT2D eigenvalue weighted by atomic mass is 16.2. The first-order valence-corrected chi connectivity index (χ1v) is 5.71. The van der Waals surface area contributed by atoms with Gasteiger partial charge in [0.25, 0.3) is 5.91 Å². The first-order valence-electron chi connectivity index (χ1n) is 5.71. The molecule has 2 heterocycles. The van der Waals surface area contributed by atoms with Gasteiger partial charge in [-0.1, -0.05) is 6.92 Å². The Morgan fingerprint density at radius 2 is 2.44 bits per heavy atom. The van der Waals surface area contributed by atoms with Crippen molar-refractivity contribution in [2.45, 2.75) is 19.4 Å². The van der Waals surface area contributed by atoms with Gasteiger partial charge in [-0.3, -0.25) is 9.48 Å². The summed E-state index contributed by atoms with van der Waals surface area (Å²) in [4.78, 5) is 19.2. The van der Waals surface area contributed by atoms with Gasteiger partial charge in [-0.15, -0.1) is 0 Å². The predicted octanol–water partition coefficient (Wildman–Crippen LogP) is 0.606. The fourth-order valence-electron chi connectivity index (χ4n) is 1.74. The summed E-state index contributed by atoms with van der Waals surface area (Å²) in [5, 5.41) is 6.88. The van der Waals surface area contributed by atoms with E-state index in [2.05, 4.69) is 20.4 Å². The Balaban J connectivity index is 2.13. The number of nitrogens with zero attached hydrogens (tertiary/aromatic N) is 3. The van der Waals surface area contributed by atoms with Crippen LogP contribution in [0.1, 0.15) is 35.7 Å². The van der Waals surface area contributed by atoms with Crippen molar-refractivity contribution in [1.82, 2.24) is 25.1 Å². The van der Waals surface area contributed by atoms with Gasteiger partial charge in [0, 0.05) is 25.6 Å². The van der Waals surface area contributed by atoms with E-state index in [1.807, 2.05) is 6.92 Å². The zero-order valence-corrected chi connectivity index (χ0v) is 10.3. The molecule has 1 atom stereocenters. The summed E-state index contributed by atoms with van der Waals surface area (Å²) in [6, 6.07) is -0.172. The van der Waals surface area contributed by atoms with Gasteiger partial charge in [0.15, 0.2) is 5.69 Å². The molecule has 0 spiro atoms. The highest BCUT2D eigenvalue weighted by Gasteiger charge is 2.19. The summed E-state index contributed by atoms with van der Waals surface area (Å²) in [7, 11) is 1.72. The number of aromatic nitrogens is 4. The van der Waals surface area contributed by atoms with Gasteiger partial charge >= 0.3 is 0 Å². The van der Waals surface area contributed by atoms with Crippen molar-refractivity contribution in [3.63, 3.8) is 0 Å². The highest BCUT2D eigenvalue weighted by Crippen LogP contribution is 2.14. The van der Waals surface area contributed by atoms with Gasteiger partial charge in [0.2, 0.25) is 0 Å². The molecule has 0 aromatic carbocycles. The number of rotatable bonds is 4. The minimum Gasteiger partial charge on any atom is -0.396 e.